The fourth-order valence-corrected chi connectivity index (χ4v) is 3.01. The molecule has 20 heavy (non-hydrogen) atoms. The largest absolute Gasteiger partial charge is 0.493 e. The minimum absolute atomic E-state index is 0.150. The maximum Gasteiger partial charge on any atom is 0.259 e. The van der Waals surface area contributed by atoms with E-state index in [2.05, 4.69) is 15.0 Å². The molecular weight excluding hydrogens is 276 g/mol. The molecule has 0 saturated heterocycles. The van der Waals surface area contributed by atoms with Crippen molar-refractivity contribution < 1.29 is 9.90 Å². The molecule has 0 fully saturated rings. The molecule has 100 valence electrons. The van der Waals surface area contributed by atoms with Crippen LogP contribution in [-0.4, -0.2) is 26.0 Å². The number of thiophene rings is 1. The number of hydrogen-bond donors (Lipinski definition) is 2. The van der Waals surface area contributed by atoms with Crippen molar-refractivity contribution in [2.45, 2.75) is 6.92 Å². The molecule has 0 aliphatic heterocycles. The number of nitrogens with zero attached hydrogens (tertiary/aromatic N) is 3. The minimum Gasteiger partial charge on any atom is -0.493 e. The molecule has 1 amide bonds. The normalized spacial score (nSPS) is 10.8. The van der Waals surface area contributed by atoms with E-state index in [1.807, 2.05) is 0 Å². The number of aromatic hydroxyl groups is 1. The zero-order valence-corrected chi connectivity index (χ0v) is 11.3. The van der Waals surface area contributed by atoms with Gasteiger partial charge < -0.3 is 10.8 Å². The summed E-state index contributed by atoms with van der Waals surface area (Å²) in [5.74, 6) is -0.298. The van der Waals surface area contributed by atoms with Gasteiger partial charge in [-0.1, -0.05) is 0 Å². The summed E-state index contributed by atoms with van der Waals surface area (Å²) in [6.07, 6.45) is 3.24. The Morgan fingerprint density at radius 1 is 1.30 bits per heavy atom. The Balaban J connectivity index is 2.28. The molecule has 3 aromatic heterocycles. The van der Waals surface area contributed by atoms with Gasteiger partial charge >= 0.3 is 0 Å². The zero-order chi connectivity index (χ0) is 14.3. The third kappa shape index (κ3) is 1.88. The lowest BCUT2D eigenvalue weighted by Crippen LogP contribution is -2.09. The summed E-state index contributed by atoms with van der Waals surface area (Å²) in [5, 5.41) is 10.6. The quantitative estimate of drug-likeness (QED) is 0.748. The van der Waals surface area contributed by atoms with Crippen LogP contribution in [0.4, 0.5) is 0 Å². The second-order valence-corrected chi connectivity index (χ2v) is 5.21. The van der Waals surface area contributed by atoms with Crippen LogP contribution in [0, 0.1) is 6.92 Å². The predicted molar refractivity (Wildman–Crippen MR) is 75.6 cm³/mol. The van der Waals surface area contributed by atoms with E-state index in [4.69, 9.17) is 5.73 Å². The van der Waals surface area contributed by atoms with E-state index < -0.39 is 5.91 Å². The first kappa shape index (κ1) is 12.5. The lowest BCUT2D eigenvalue weighted by Gasteiger charge is -2.01. The summed E-state index contributed by atoms with van der Waals surface area (Å²) in [5.41, 5.74) is 6.66. The number of carbonyl (C=O) groups is 1. The van der Waals surface area contributed by atoms with Crippen LogP contribution in [0.5, 0.6) is 5.88 Å². The molecule has 0 aliphatic rings. The molecule has 0 aromatic carbocycles. The maximum absolute atomic E-state index is 11.4. The van der Waals surface area contributed by atoms with Crippen LogP contribution < -0.4 is 5.73 Å². The predicted octanol–water partition coefficient (Wildman–Crippen LogP) is 1.87. The highest BCUT2D eigenvalue weighted by atomic mass is 32.1. The third-order valence-electron chi connectivity index (χ3n) is 2.93. The van der Waals surface area contributed by atoms with E-state index in [1.54, 1.807) is 31.5 Å². The van der Waals surface area contributed by atoms with Gasteiger partial charge in [0.05, 0.1) is 10.3 Å². The number of pyridine rings is 1. The lowest BCUT2D eigenvalue weighted by molar-refractivity contribution is 0.100. The summed E-state index contributed by atoms with van der Waals surface area (Å²) in [6.45, 7) is 1.72. The molecule has 7 heteroatoms. The van der Waals surface area contributed by atoms with Crippen LogP contribution in [0.25, 0.3) is 21.6 Å². The van der Waals surface area contributed by atoms with Gasteiger partial charge in [-0.3, -0.25) is 9.78 Å². The number of rotatable bonds is 2. The van der Waals surface area contributed by atoms with E-state index in [0.717, 1.165) is 16.9 Å². The molecule has 0 aliphatic carbocycles. The molecule has 3 N–H and O–H groups in total. The molecule has 0 saturated carbocycles. The molecule has 0 spiro atoms. The van der Waals surface area contributed by atoms with Gasteiger partial charge in [-0.25, -0.2) is 4.98 Å². The first-order valence-electron chi connectivity index (χ1n) is 5.78. The number of fused-ring (bicyclic) bond motifs is 1. The van der Waals surface area contributed by atoms with Crippen LogP contribution in [0.15, 0.2) is 24.5 Å². The fourth-order valence-electron chi connectivity index (χ4n) is 1.98. The fraction of sp³-hybridized carbons (Fsp3) is 0.0769. The smallest absolute Gasteiger partial charge is 0.259 e. The summed E-state index contributed by atoms with van der Waals surface area (Å²) < 4.78 is 0. The van der Waals surface area contributed by atoms with Crippen molar-refractivity contribution in [3.63, 3.8) is 0 Å². The van der Waals surface area contributed by atoms with E-state index in [0.29, 0.717) is 26.5 Å². The molecule has 0 atom stereocenters. The summed E-state index contributed by atoms with van der Waals surface area (Å²) in [6, 6.07) is 3.49. The van der Waals surface area contributed by atoms with Gasteiger partial charge in [0.15, 0.2) is 5.82 Å². The highest BCUT2D eigenvalue weighted by Crippen LogP contribution is 2.35. The van der Waals surface area contributed by atoms with Crippen molar-refractivity contribution in [2.75, 3.05) is 0 Å². The van der Waals surface area contributed by atoms with Crippen molar-refractivity contribution in [3.8, 4) is 17.3 Å². The second-order valence-electron chi connectivity index (χ2n) is 4.21. The van der Waals surface area contributed by atoms with E-state index >= 15 is 0 Å². The van der Waals surface area contributed by atoms with Crippen molar-refractivity contribution in [2.24, 2.45) is 5.73 Å². The Labute approximate surface area is 117 Å². The lowest BCUT2D eigenvalue weighted by atomic mass is 10.2. The molecule has 6 nitrogen and oxygen atoms in total. The van der Waals surface area contributed by atoms with Crippen LogP contribution in [0.1, 0.15) is 15.2 Å². The molecule has 0 unspecified atom stereocenters. The Hall–Kier alpha value is -2.54. The van der Waals surface area contributed by atoms with Gasteiger partial charge in [-0.05, 0) is 24.6 Å². The SMILES string of the molecule is Cc1c(C(N)=O)sc2nc(-c3ccncc3)nc(O)c12. The number of nitrogens with two attached hydrogens (primary N) is 1. The first-order chi connectivity index (χ1) is 9.58. The van der Waals surface area contributed by atoms with Gasteiger partial charge in [-0.15, -0.1) is 11.3 Å². The number of carbonyl (C=O) groups excluding carboxylic acids is 1. The van der Waals surface area contributed by atoms with E-state index in [1.165, 1.54) is 0 Å². The van der Waals surface area contributed by atoms with E-state index in [9.17, 15) is 9.90 Å². The number of hydrogen-bond acceptors (Lipinski definition) is 6. The van der Waals surface area contributed by atoms with Crippen molar-refractivity contribution >= 4 is 27.5 Å². The van der Waals surface area contributed by atoms with Crippen molar-refractivity contribution in [3.05, 3.63) is 35.0 Å². The van der Waals surface area contributed by atoms with Gasteiger partial charge in [0.1, 0.15) is 4.83 Å². The Morgan fingerprint density at radius 3 is 2.65 bits per heavy atom. The van der Waals surface area contributed by atoms with Crippen LogP contribution >= 0.6 is 11.3 Å². The summed E-state index contributed by atoms with van der Waals surface area (Å²) in [4.78, 5) is 24.7. The monoisotopic (exact) mass is 286 g/mol. The molecular formula is C13H10N4O2S. The Kier molecular flexibility index (Phi) is 2.83. The van der Waals surface area contributed by atoms with Gasteiger partial charge in [-0.2, -0.15) is 4.98 Å². The second kappa shape index (κ2) is 4.53. The maximum atomic E-state index is 11.4. The van der Waals surface area contributed by atoms with Gasteiger partial charge in [0, 0.05) is 18.0 Å². The zero-order valence-electron chi connectivity index (χ0n) is 10.5. The highest BCUT2D eigenvalue weighted by molar-refractivity contribution is 7.20. The number of aromatic nitrogens is 3. The van der Waals surface area contributed by atoms with Crippen molar-refractivity contribution in [1.82, 2.24) is 15.0 Å². The van der Waals surface area contributed by atoms with Crippen LogP contribution in [0.3, 0.4) is 0 Å². The third-order valence-corrected chi connectivity index (χ3v) is 4.13. The minimum atomic E-state index is -0.532. The van der Waals surface area contributed by atoms with E-state index in [-0.39, 0.29) is 5.88 Å². The number of aryl methyl sites for hydroxylation is 1. The molecule has 0 radical (unpaired) electrons. The highest BCUT2D eigenvalue weighted by Gasteiger charge is 2.19. The Morgan fingerprint density at radius 2 is 2.00 bits per heavy atom. The molecule has 0 bridgehead atoms. The first-order valence-corrected chi connectivity index (χ1v) is 6.60. The van der Waals surface area contributed by atoms with Crippen LogP contribution in [-0.2, 0) is 0 Å². The summed E-state index contributed by atoms with van der Waals surface area (Å²) in [7, 11) is 0. The number of amides is 1. The molecule has 3 aromatic rings. The topological polar surface area (TPSA) is 102 Å². The van der Waals surface area contributed by atoms with Gasteiger partial charge in [0.2, 0.25) is 5.88 Å². The Bertz CT molecular complexity index is 814. The van der Waals surface area contributed by atoms with Crippen LogP contribution in [0.2, 0.25) is 0 Å². The van der Waals surface area contributed by atoms with Crippen molar-refractivity contribution in [1.29, 1.82) is 0 Å². The number of primary amides is 1. The summed E-state index contributed by atoms with van der Waals surface area (Å²) >= 11 is 1.15. The molecule has 3 rings (SSSR count). The van der Waals surface area contributed by atoms with Gasteiger partial charge in [0.25, 0.3) is 5.91 Å². The average molecular weight is 286 g/mol. The molecule has 3 heterocycles. The standard InChI is InChI=1S/C13H10N4O2S/c1-6-8-12(19)16-11(7-2-4-15-5-3-7)17-13(8)20-9(6)10(14)18/h2-5H,1H3,(H2,14,18)(H,16,17,19). The average Bonchev–Trinajstić information content (AvgIpc) is 2.77.